The van der Waals surface area contributed by atoms with Crippen molar-refractivity contribution >= 4 is 24.1 Å². The van der Waals surface area contributed by atoms with Crippen LogP contribution in [0.15, 0.2) is 18.5 Å². The number of rotatable bonds is 6. The van der Waals surface area contributed by atoms with Gasteiger partial charge in [-0.2, -0.15) is 5.10 Å². The van der Waals surface area contributed by atoms with Crippen molar-refractivity contribution in [2.75, 3.05) is 31.1 Å². The number of primary amides is 1. The van der Waals surface area contributed by atoms with Gasteiger partial charge in [0.25, 0.3) is 0 Å². The first-order valence-electron chi connectivity index (χ1n) is 8.82. The number of anilines is 1. The first kappa shape index (κ1) is 17.1. The lowest BCUT2D eigenvalue weighted by atomic mass is 10.3. The molecule has 2 N–H and O–H groups in total. The Morgan fingerprint density at radius 1 is 1.19 bits per heavy atom. The predicted octanol–water partition coefficient (Wildman–Crippen LogP) is 0.346. The molecular formula is C16H22N8OS. The van der Waals surface area contributed by atoms with Crippen molar-refractivity contribution in [1.82, 2.24) is 29.2 Å². The molecule has 2 aromatic heterocycles. The van der Waals surface area contributed by atoms with E-state index in [1.165, 1.54) is 0 Å². The van der Waals surface area contributed by atoms with Gasteiger partial charge in [-0.3, -0.25) is 14.3 Å². The molecule has 0 bridgehead atoms. The van der Waals surface area contributed by atoms with Gasteiger partial charge in [0.05, 0.1) is 6.67 Å². The second-order valence-electron chi connectivity index (χ2n) is 6.76. The van der Waals surface area contributed by atoms with Crippen molar-refractivity contribution in [2.24, 2.45) is 5.73 Å². The fourth-order valence-electron chi connectivity index (χ4n) is 3.23. The summed E-state index contributed by atoms with van der Waals surface area (Å²) < 4.78 is 4.18. The predicted molar refractivity (Wildman–Crippen MR) is 98.0 cm³/mol. The zero-order valence-corrected chi connectivity index (χ0v) is 15.3. The normalized spacial score (nSPS) is 18.2. The Labute approximate surface area is 156 Å². The van der Waals surface area contributed by atoms with Crippen LogP contribution in [-0.2, 0) is 18.0 Å². The molecule has 0 atom stereocenters. The molecule has 1 saturated carbocycles. The third kappa shape index (κ3) is 3.61. The lowest BCUT2D eigenvalue weighted by molar-refractivity contribution is -0.118. The van der Waals surface area contributed by atoms with Crippen LogP contribution in [0, 0.1) is 4.77 Å². The fraction of sp³-hybridized carbons (Fsp3) is 0.562. The summed E-state index contributed by atoms with van der Waals surface area (Å²) in [5.74, 6) is 1.68. The van der Waals surface area contributed by atoms with Crippen LogP contribution in [0.25, 0.3) is 0 Å². The van der Waals surface area contributed by atoms with Gasteiger partial charge in [-0.1, -0.05) is 0 Å². The highest BCUT2D eigenvalue weighted by atomic mass is 32.1. The monoisotopic (exact) mass is 374 g/mol. The summed E-state index contributed by atoms with van der Waals surface area (Å²) in [6.07, 6.45) is 5.72. The van der Waals surface area contributed by atoms with E-state index in [4.69, 9.17) is 18.0 Å². The maximum absolute atomic E-state index is 11.4. The molecule has 2 aromatic rings. The average molecular weight is 374 g/mol. The van der Waals surface area contributed by atoms with Crippen molar-refractivity contribution in [1.29, 1.82) is 0 Å². The summed E-state index contributed by atoms with van der Waals surface area (Å²) in [5.41, 5.74) is 5.38. The van der Waals surface area contributed by atoms with Crippen molar-refractivity contribution in [3.8, 4) is 0 Å². The van der Waals surface area contributed by atoms with Crippen LogP contribution in [0.4, 0.5) is 5.95 Å². The van der Waals surface area contributed by atoms with Gasteiger partial charge in [0.2, 0.25) is 11.9 Å². The molecule has 1 saturated heterocycles. The Morgan fingerprint density at radius 3 is 2.50 bits per heavy atom. The number of carbonyl (C=O) groups is 1. The van der Waals surface area contributed by atoms with Gasteiger partial charge in [0.1, 0.15) is 12.4 Å². The van der Waals surface area contributed by atoms with E-state index in [0.717, 1.165) is 50.8 Å². The summed E-state index contributed by atoms with van der Waals surface area (Å²) in [5, 5.41) is 4.68. The molecule has 0 radical (unpaired) electrons. The van der Waals surface area contributed by atoms with Gasteiger partial charge in [-0.25, -0.2) is 14.6 Å². The van der Waals surface area contributed by atoms with Gasteiger partial charge in [-0.05, 0) is 31.1 Å². The third-order valence-electron chi connectivity index (χ3n) is 4.75. The highest BCUT2D eigenvalue weighted by molar-refractivity contribution is 7.71. The molecule has 4 rings (SSSR count). The summed E-state index contributed by atoms with van der Waals surface area (Å²) >= 11 is 5.55. The standard InChI is InChI=1S/C16H22N8OS/c17-13(25)10-23-14(12-2-3-12)20-24(16(23)26)11-21-6-8-22(9-7-21)15-18-4-1-5-19-15/h1,4-5,12H,2-3,6-11H2,(H2,17,25). The highest BCUT2D eigenvalue weighted by Gasteiger charge is 2.31. The number of amides is 1. The zero-order valence-electron chi connectivity index (χ0n) is 14.5. The Bertz CT molecular complexity index is 836. The van der Waals surface area contributed by atoms with Crippen LogP contribution >= 0.6 is 12.2 Å². The van der Waals surface area contributed by atoms with E-state index >= 15 is 0 Å². The Balaban J connectivity index is 1.43. The molecule has 2 aliphatic rings. The Kier molecular flexibility index (Phi) is 4.68. The second-order valence-corrected chi connectivity index (χ2v) is 7.13. The van der Waals surface area contributed by atoms with Gasteiger partial charge in [0, 0.05) is 44.5 Å². The Morgan fingerprint density at radius 2 is 1.88 bits per heavy atom. The molecule has 10 heteroatoms. The first-order valence-corrected chi connectivity index (χ1v) is 9.23. The molecule has 0 spiro atoms. The molecule has 26 heavy (non-hydrogen) atoms. The topological polar surface area (TPSA) is 98.1 Å². The molecule has 1 aliphatic carbocycles. The van der Waals surface area contributed by atoms with E-state index in [1.807, 2.05) is 10.7 Å². The van der Waals surface area contributed by atoms with Crippen LogP contribution in [0.1, 0.15) is 24.6 Å². The van der Waals surface area contributed by atoms with Crippen molar-refractivity contribution < 1.29 is 4.79 Å². The Hall–Kier alpha value is -2.33. The molecule has 1 amide bonds. The van der Waals surface area contributed by atoms with E-state index in [1.54, 1.807) is 17.0 Å². The summed E-state index contributed by atoms with van der Waals surface area (Å²) in [6, 6.07) is 1.82. The fourth-order valence-corrected chi connectivity index (χ4v) is 3.49. The molecule has 1 aliphatic heterocycles. The molecule has 0 aromatic carbocycles. The molecule has 0 unspecified atom stereocenters. The van der Waals surface area contributed by atoms with Gasteiger partial charge in [0.15, 0.2) is 4.77 Å². The van der Waals surface area contributed by atoms with Crippen LogP contribution in [0.3, 0.4) is 0 Å². The lowest BCUT2D eigenvalue weighted by Gasteiger charge is -2.34. The number of hydrogen-bond acceptors (Lipinski definition) is 7. The third-order valence-corrected chi connectivity index (χ3v) is 5.18. The van der Waals surface area contributed by atoms with Crippen molar-refractivity contribution in [3.63, 3.8) is 0 Å². The van der Waals surface area contributed by atoms with Crippen molar-refractivity contribution in [3.05, 3.63) is 29.1 Å². The number of aromatic nitrogens is 5. The quantitative estimate of drug-likeness (QED) is 0.728. The number of piperazine rings is 1. The summed E-state index contributed by atoms with van der Waals surface area (Å²) in [4.78, 5) is 24.5. The minimum Gasteiger partial charge on any atom is -0.368 e. The number of carbonyl (C=O) groups excluding carboxylic acids is 1. The van der Waals surface area contributed by atoms with E-state index < -0.39 is 0 Å². The summed E-state index contributed by atoms with van der Waals surface area (Å²) in [7, 11) is 0. The zero-order chi connectivity index (χ0) is 18.1. The van der Waals surface area contributed by atoms with E-state index in [9.17, 15) is 4.79 Å². The lowest BCUT2D eigenvalue weighted by Crippen LogP contribution is -2.47. The maximum Gasteiger partial charge on any atom is 0.237 e. The molecule has 138 valence electrons. The van der Waals surface area contributed by atoms with Crippen molar-refractivity contribution in [2.45, 2.75) is 32.0 Å². The highest BCUT2D eigenvalue weighted by Crippen LogP contribution is 2.39. The van der Waals surface area contributed by atoms with E-state index in [2.05, 4.69) is 24.9 Å². The largest absolute Gasteiger partial charge is 0.368 e. The van der Waals surface area contributed by atoms with E-state index in [0.29, 0.717) is 17.4 Å². The number of nitrogens with zero attached hydrogens (tertiary/aromatic N) is 7. The molecule has 3 heterocycles. The van der Waals surface area contributed by atoms with Gasteiger partial charge >= 0.3 is 0 Å². The molecule has 2 fully saturated rings. The minimum absolute atomic E-state index is 0.101. The number of nitrogens with two attached hydrogens (primary N) is 1. The van der Waals surface area contributed by atoms with Crippen LogP contribution in [0.5, 0.6) is 0 Å². The smallest absolute Gasteiger partial charge is 0.237 e. The van der Waals surface area contributed by atoms with Crippen LogP contribution in [0.2, 0.25) is 0 Å². The SMILES string of the molecule is NC(=O)Cn1c(C2CC2)nn(CN2CCN(c3ncccn3)CC2)c1=S. The molecule has 9 nitrogen and oxygen atoms in total. The number of hydrogen-bond donors (Lipinski definition) is 1. The minimum atomic E-state index is -0.390. The maximum atomic E-state index is 11.4. The first-order chi connectivity index (χ1) is 12.6. The van der Waals surface area contributed by atoms with Gasteiger partial charge < -0.3 is 10.6 Å². The summed E-state index contributed by atoms with van der Waals surface area (Å²) in [6.45, 7) is 4.18. The van der Waals surface area contributed by atoms with Crippen LogP contribution < -0.4 is 10.6 Å². The average Bonchev–Trinajstić information content (AvgIpc) is 3.45. The molecular weight excluding hydrogens is 352 g/mol. The van der Waals surface area contributed by atoms with Crippen LogP contribution in [-0.4, -0.2) is 61.3 Å². The van der Waals surface area contributed by atoms with E-state index in [-0.39, 0.29) is 12.5 Å². The second kappa shape index (κ2) is 7.12. The van der Waals surface area contributed by atoms with Gasteiger partial charge in [-0.15, -0.1) is 0 Å².